The van der Waals surface area contributed by atoms with E-state index in [4.69, 9.17) is 4.74 Å². The maximum atomic E-state index is 12.1. The third kappa shape index (κ3) is 5.15. The molecule has 0 saturated carbocycles. The number of piperidine rings is 1. The molecule has 2 rings (SSSR count). The molecule has 1 fully saturated rings. The van der Waals surface area contributed by atoms with Crippen LogP contribution in [-0.4, -0.2) is 53.7 Å². The number of halogens is 1. The monoisotopic (exact) mass is 361 g/mol. The van der Waals surface area contributed by atoms with Crippen LogP contribution in [0.5, 0.6) is 0 Å². The van der Waals surface area contributed by atoms with Gasteiger partial charge in [0.05, 0.1) is 6.61 Å². The van der Waals surface area contributed by atoms with Gasteiger partial charge in [-0.1, -0.05) is 0 Å². The molecule has 1 amide bonds. The molecule has 0 spiro atoms. The third-order valence-electron chi connectivity index (χ3n) is 4.24. The van der Waals surface area contributed by atoms with E-state index < -0.39 is 4.92 Å². The summed E-state index contributed by atoms with van der Waals surface area (Å²) in [6, 6.07) is 0. The van der Waals surface area contributed by atoms with Gasteiger partial charge in [-0.3, -0.25) is 9.36 Å². The molecular weight excluding hydrogens is 338 g/mol. The van der Waals surface area contributed by atoms with Crippen molar-refractivity contribution in [2.24, 2.45) is 5.41 Å². The lowest BCUT2D eigenvalue weighted by atomic mass is 9.79. The van der Waals surface area contributed by atoms with Crippen molar-refractivity contribution in [3.8, 4) is 0 Å². The minimum Gasteiger partial charge on any atom is -0.384 e. The van der Waals surface area contributed by atoms with Gasteiger partial charge < -0.3 is 25.5 Å². The summed E-state index contributed by atoms with van der Waals surface area (Å²) in [5.74, 6) is 0.0132. The molecule has 1 aliphatic rings. The Morgan fingerprint density at radius 2 is 2.21 bits per heavy atom. The van der Waals surface area contributed by atoms with Crippen LogP contribution in [0, 0.1) is 22.5 Å². The number of aromatic nitrogens is 2. The van der Waals surface area contributed by atoms with Crippen LogP contribution in [0.25, 0.3) is 0 Å². The standard InChI is InChI=1S/C14H23N5O4.ClH/c1-11-17-12(19(21)22)7-18(11)8-13(20)16-9-14(10-23-2)3-5-15-6-4-14;/h7,15H,3-6,8-10H2,1-2H3,(H,16,20);1H. The zero-order valence-electron chi connectivity index (χ0n) is 13.9. The Morgan fingerprint density at radius 1 is 1.54 bits per heavy atom. The summed E-state index contributed by atoms with van der Waals surface area (Å²) in [5.41, 5.74) is -0.0500. The molecule has 1 saturated heterocycles. The Labute approximate surface area is 146 Å². The van der Waals surface area contributed by atoms with Crippen LogP contribution in [0.4, 0.5) is 5.82 Å². The predicted octanol–water partition coefficient (Wildman–Crippen LogP) is 0.654. The van der Waals surface area contributed by atoms with Gasteiger partial charge >= 0.3 is 5.82 Å². The molecule has 1 aromatic rings. The number of nitrogens with zero attached hydrogens (tertiary/aromatic N) is 3. The number of hydrogen-bond acceptors (Lipinski definition) is 6. The Hall–Kier alpha value is -1.71. The summed E-state index contributed by atoms with van der Waals surface area (Å²) in [7, 11) is 1.67. The first-order chi connectivity index (χ1) is 11.0. The quantitative estimate of drug-likeness (QED) is 0.545. The van der Waals surface area contributed by atoms with Crippen LogP contribution in [0.3, 0.4) is 0 Å². The molecule has 10 heteroatoms. The summed E-state index contributed by atoms with van der Waals surface area (Å²) in [6.07, 6.45) is 3.16. The van der Waals surface area contributed by atoms with Crippen LogP contribution < -0.4 is 10.6 Å². The molecule has 2 N–H and O–H groups in total. The van der Waals surface area contributed by atoms with Gasteiger partial charge in [-0.2, -0.15) is 0 Å². The smallest absolute Gasteiger partial charge is 0.381 e. The largest absolute Gasteiger partial charge is 0.384 e. The zero-order valence-corrected chi connectivity index (χ0v) is 14.7. The first kappa shape index (κ1) is 20.3. The number of methoxy groups -OCH3 is 1. The SMILES string of the molecule is COCC1(CNC(=O)Cn2cc([N+](=O)[O-])nc2C)CCNCC1.Cl. The van der Waals surface area contributed by atoms with Gasteiger partial charge in [0, 0.05) is 26.0 Å². The molecule has 1 aromatic heterocycles. The van der Waals surface area contributed by atoms with Crippen LogP contribution in [0.1, 0.15) is 18.7 Å². The van der Waals surface area contributed by atoms with E-state index in [-0.39, 0.29) is 36.1 Å². The van der Waals surface area contributed by atoms with Crippen molar-refractivity contribution in [3.05, 3.63) is 22.1 Å². The lowest BCUT2D eigenvalue weighted by Gasteiger charge is -2.37. The summed E-state index contributed by atoms with van der Waals surface area (Å²) in [5, 5.41) is 16.9. The fraction of sp³-hybridized carbons (Fsp3) is 0.714. The van der Waals surface area contributed by atoms with Gasteiger partial charge in [-0.05, 0) is 35.8 Å². The molecule has 1 aliphatic heterocycles. The number of ether oxygens (including phenoxy) is 1. The topological polar surface area (TPSA) is 111 Å². The Balaban J connectivity index is 0.00000288. The highest BCUT2D eigenvalue weighted by Crippen LogP contribution is 2.28. The highest BCUT2D eigenvalue weighted by molar-refractivity contribution is 5.85. The number of nitrogens with one attached hydrogen (secondary N) is 2. The molecule has 0 atom stereocenters. The first-order valence-electron chi connectivity index (χ1n) is 7.60. The molecule has 0 radical (unpaired) electrons. The van der Waals surface area contributed by atoms with Crippen molar-refractivity contribution >= 4 is 24.1 Å². The number of carbonyl (C=O) groups is 1. The third-order valence-corrected chi connectivity index (χ3v) is 4.24. The van der Waals surface area contributed by atoms with Crippen molar-refractivity contribution in [2.45, 2.75) is 26.3 Å². The van der Waals surface area contributed by atoms with E-state index in [0.717, 1.165) is 25.9 Å². The molecule has 9 nitrogen and oxygen atoms in total. The fourth-order valence-electron chi connectivity index (χ4n) is 2.87. The average molecular weight is 362 g/mol. The number of rotatable bonds is 7. The molecule has 0 bridgehead atoms. The number of hydrogen-bond donors (Lipinski definition) is 2. The summed E-state index contributed by atoms with van der Waals surface area (Å²) in [4.78, 5) is 26.1. The van der Waals surface area contributed by atoms with Crippen molar-refractivity contribution in [2.75, 3.05) is 33.4 Å². The van der Waals surface area contributed by atoms with E-state index in [1.54, 1.807) is 14.0 Å². The molecule has 0 aromatic carbocycles. The van der Waals surface area contributed by atoms with Crippen LogP contribution in [0.15, 0.2) is 6.20 Å². The van der Waals surface area contributed by atoms with Gasteiger partial charge in [-0.15, -0.1) is 12.4 Å². The van der Waals surface area contributed by atoms with Crippen molar-refractivity contribution in [3.63, 3.8) is 0 Å². The molecule has 0 aliphatic carbocycles. The van der Waals surface area contributed by atoms with Gasteiger partial charge in [-0.25, -0.2) is 0 Å². The van der Waals surface area contributed by atoms with E-state index in [2.05, 4.69) is 15.6 Å². The number of carbonyl (C=O) groups excluding carboxylic acids is 1. The average Bonchev–Trinajstić information content (AvgIpc) is 2.88. The number of imidazole rings is 1. The highest BCUT2D eigenvalue weighted by atomic mass is 35.5. The summed E-state index contributed by atoms with van der Waals surface area (Å²) < 4.78 is 6.80. The molecule has 24 heavy (non-hydrogen) atoms. The minimum absolute atomic E-state index is 0. The van der Waals surface area contributed by atoms with E-state index >= 15 is 0 Å². The number of amides is 1. The summed E-state index contributed by atoms with van der Waals surface area (Å²) >= 11 is 0. The second-order valence-electron chi connectivity index (χ2n) is 5.99. The lowest BCUT2D eigenvalue weighted by molar-refractivity contribution is -0.389. The Kier molecular flexibility index (Phi) is 7.59. The van der Waals surface area contributed by atoms with Gasteiger partial charge in [0.25, 0.3) is 0 Å². The molecule has 2 heterocycles. The normalized spacial score (nSPS) is 16.2. The van der Waals surface area contributed by atoms with Gasteiger partial charge in [0.15, 0.2) is 0 Å². The van der Waals surface area contributed by atoms with Crippen molar-refractivity contribution in [1.29, 1.82) is 0 Å². The van der Waals surface area contributed by atoms with Gasteiger partial charge in [0.1, 0.15) is 12.7 Å². The lowest BCUT2D eigenvalue weighted by Crippen LogP contribution is -2.47. The van der Waals surface area contributed by atoms with Crippen LogP contribution in [-0.2, 0) is 16.1 Å². The highest BCUT2D eigenvalue weighted by Gasteiger charge is 2.32. The maximum absolute atomic E-state index is 12.1. The number of aryl methyl sites for hydroxylation is 1. The number of nitro groups is 1. The Morgan fingerprint density at radius 3 is 2.75 bits per heavy atom. The predicted molar refractivity (Wildman–Crippen MR) is 90.3 cm³/mol. The van der Waals surface area contributed by atoms with Crippen molar-refractivity contribution in [1.82, 2.24) is 20.2 Å². The molecular formula is C14H24ClN5O4. The summed E-state index contributed by atoms with van der Waals surface area (Å²) in [6.45, 7) is 4.62. The molecule has 0 unspecified atom stereocenters. The van der Waals surface area contributed by atoms with E-state index in [1.807, 2.05) is 0 Å². The van der Waals surface area contributed by atoms with Crippen LogP contribution >= 0.6 is 12.4 Å². The van der Waals surface area contributed by atoms with E-state index in [9.17, 15) is 14.9 Å². The minimum atomic E-state index is -0.565. The fourth-order valence-corrected chi connectivity index (χ4v) is 2.87. The van der Waals surface area contributed by atoms with Gasteiger partial charge in [0.2, 0.25) is 11.7 Å². The second kappa shape index (κ2) is 8.95. The first-order valence-corrected chi connectivity index (χ1v) is 7.60. The van der Waals surface area contributed by atoms with E-state index in [1.165, 1.54) is 10.8 Å². The van der Waals surface area contributed by atoms with E-state index in [0.29, 0.717) is 19.0 Å². The van der Waals surface area contributed by atoms with Crippen molar-refractivity contribution < 1.29 is 14.5 Å². The maximum Gasteiger partial charge on any atom is 0.381 e. The second-order valence-corrected chi connectivity index (χ2v) is 5.99. The molecule has 136 valence electrons. The zero-order chi connectivity index (χ0) is 16.9. The van der Waals surface area contributed by atoms with Crippen LogP contribution in [0.2, 0.25) is 0 Å². The Bertz CT molecular complexity index is 566.